The second-order valence-corrected chi connectivity index (χ2v) is 15.1. The number of quaternary nitrogens is 1. The summed E-state index contributed by atoms with van der Waals surface area (Å²) in [5.74, 6) is -0.0930. The number of carbonyl (C=O) groups is 2. The number of hydrogen-bond donors (Lipinski definition) is 0. The molecule has 0 aliphatic rings. The molecule has 0 N–H and O–H groups in total. The van der Waals surface area contributed by atoms with Crippen molar-refractivity contribution in [2.45, 2.75) is 212 Å². The highest BCUT2D eigenvalue weighted by Gasteiger charge is 2.46. The van der Waals surface area contributed by atoms with Crippen LogP contribution in [0, 0.1) is 0 Å². The molecule has 0 saturated carbocycles. The van der Waals surface area contributed by atoms with Crippen molar-refractivity contribution >= 4 is 21.0 Å². The number of nitrogens with zero attached hydrogens (tertiary/aromatic N) is 1. The molecule has 1 unspecified atom stereocenters. The second-order valence-electron chi connectivity index (χ2n) is 14.9. The molecule has 262 valence electrons. The van der Waals surface area contributed by atoms with Crippen molar-refractivity contribution in [3.05, 3.63) is 0 Å². The van der Waals surface area contributed by atoms with Gasteiger partial charge in [0.05, 0.1) is 21.1 Å². The van der Waals surface area contributed by atoms with E-state index in [4.69, 9.17) is 4.52 Å². The molecule has 1 atom stereocenters. The third-order valence-electron chi connectivity index (χ3n) is 9.29. The minimum Gasteiger partial charge on any atom is -0.541 e. The van der Waals surface area contributed by atoms with E-state index in [9.17, 15) is 9.59 Å². The van der Waals surface area contributed by atoms with E-state index in [1.165, 1.54) is 154 Å². The predicted octanol–water partition coefficient (Wildman–Crippen LogP) is 12.4. The molecule has 0 amide bonds. The van der Waals surface area contributed by atoms with E-state index in [1.807, 2.05) is 21.1 Å². The molecule has 0 aromatic rings. The molecular formula is C39H78NO3P. The van der Waals surface area contributed by atoms with Crippen LogP contribution in [0.1, 0.15) is 206 Å². The van der Waals surface area contributed by atoms with E-state index in [1.54, 1.807) is 0 Å². The van der Waals surface area contributed by atoms with Gasteiger partial charge in [-0.2, -0.15) is 0 Å². The SMILES string of the molecule is CCCCCCCCCCCCCCCCCC(=O)C(C[N+](C)(C)C)(O[PH-])C(=O)CCCCCCCCCCCCCCC. The highest BCUT2D eigenvalue weighted by Crippen LogP contribution is 2.27. The second kappa shape index (κ2) is 30.1. The maximum absolute atomic E-state index is 13.5. The van der Waals surface area contributed by atoms with Gasteiger partial charge < -0.3 is 18.5 Å². The van der Waals surface area contributed by atoms with Crippen molar-refractivity contribution in [2.75, 3.05) is 27.7 Å². The summed E-state index contributed by atoms with van der Waals surface area (Å²) in [7, 11) is 9.28. The summed E-state index contributed by atoms with van der Waals surface area (Å²) in [5.41, 5.74) is -1.37. The van der Waals surface area contributed by atoms with Gasteiger partial charge in [0.1, 0.15) is 6.54 Å². The topological polar surface area (TPSA) is 43.4 Å². The third-order valence-corrected chi connectivity index (χ3v) is 9.64. The van der Waals surface area contributed by atoms with Gasteiger partial charge in [0.2, 0.25) is 5.60 Å². The zero-order valence-corrected chi connectivity index (χ0v) is 31.6. The summed E-state index contributed by atoms with van der Waals surface area (Å²) in [6, 6.07) is 0. The lowest BCUT2D eigenvalue weighted by molar-refractivity contribution is -0.873. The first-order chi connectivity index (χ1) is 21.2. The molecule has 0 saturated heterocycles. The number of Topliss-reactive ketones (excluding diaryl/α,β-unsaturated/α-hetero) is 2. The van der Waals surface area contributed by atoms with Crippen LogP contribution in [0.5, 0.6) is 0 Å². The lowest BCUT2D eigenvalue weighted by atomic mass is 9.86. The minimum absolute atomic E-state index is 0.0464. The lowest BCUT2D eigenvalue weighted by Crippen LogP contribution is -2.58. The zero-order valence-electron chi connectivity index (χ0n) is 30.6. The Morgan fingerprint density at radius 2 is 0.682 bits per heavy atom. The van der Waals surface area contributed by atoms with E-state index in [0.29, 0.717) is 23.9 Å². The maximum atomic E-state index is 13.5. The summed E-state index contributed by atoms with van der Waals surface area (Å²) in [6.07, 6.45) is 37.0. The highest BCUT2D eigenvalue weighted by atomic mass is 31.0. The molecule has 0 radical (unpaired) electrons. The summed E-state index contributed by atoms with van der Waals surface area (Å²) < 4.78 is 6.18. The smallest absolute Gasteiger partial charge is 0.204 e. The Bertz CT molecular complexity index is 662. The van der Waals surface area contributed by atoms with Crippen molar-refractivity contribution in [3.63, 3.8) is 0 Å². The Morgan fingerprint density at radius 1 is 0.455 bits per heavy atom. The number of likely N-dealkylation sites (N-methyl/N-ethyl adjacent to an activating group) is 1. The van der Waals surface area contributed by atoms with Gasteiger partial charge in [0, 0.05) is 12.8 Å². The van der Waals surface area contributed by atoms with E-state index in [-0.39, 0.29) is 11.6 Å². The Hall–Kier alpha value is -0.310. The first-order valence-corrected chi connectivity index (χ1v) is 19.9. The molecular weight excluding hydrogens is 561 g/mol. The Labute approximate surface area is 278 Å². The van der Waals surface area contributed by atoms with Gasteiger partial charge in [-0.3, -0.25) is 9.59 Å². The number of carbonyl (C=O) groups excluding carboxylic acids is 2. The van der Waals surface area contributed by atoms with Gasteiger partial charge in [-0.15, -0.1) is 0 Å². The maximum Gasteiger partial charge on any atom is 0.204 e. The van der Waals surface area contributed by atoms with Crippen LogP contribution >= 0.6 is 9.47 Å². The normalized spacial score (nSPS) is 13.3. The van der Waals surface area contributed by atoms with Crippen LogP contribution in [-0.4, -0.2) is 49.3 Å². The molecule has 5 heteroatoms. The van der Waals surface area contributed by atoms with Crippen LogP contribution in [0.4, 0.5) is 0 Å². The van der Waals surface area contributed by atoms with Crippen molar-refractivity contribution < 1.29 is 18.6 Å². The fourth-order valence-electron chi connectivity index (χ4n) is 6.51. The molecule has 0 aliphatic heterocycles. The fraction of sp³-hybridized carbons (Fsp3) is 0.949. The zero-order chi connectivity index (χ0) is 32.8. The van der Waals surface area contributed by atoms with Crippen LogP contribution in [0.15, 0.2) is 0 Å². The first-order valence-electron chi connectivity index (χ1n) is 19.4. The van der Waals surface area contributed by atoms with E-state index < -0.39 is 5.60 Å². The van der Waals surface area contributed by atoms with Gasteiger partial charge >= 0.3 is 0 Å². The van der Waals surface area contributed by atoms with Gasteiger partial charge in [0.25, 0.3) is 0 Å². The molecule has 0 aliphatic carbocycles. The van der Waals surface area contributed by atoms with Crippen molar-refractivity contribution in [3.8, 4) is 0 Å². The summed E-state index contributed by atoms with van der Waals surface area (Å²) >= 11 is 0. The molecule has 0 rings (SSSR count). The summed E-state index contributed by atoms with van der Waals surface area (Å²) in [5, 5.41) is 0. The largest absolute Gasteiger partial charge is 0.541 e. The van der Waals surface area contributed by atoms with Crippen LogP contribution in [0.3, 0.4) is 0 Å². The average Bonchev–Trinajstić information content (AvgIpc) is 2.99. The highest BCUT2D eigenvalue weighted by molar-refractivity contribution is 7.10. The standard InChI is InChI=1S/C39H78NO3P/c1-6-8-10-12-14-16-18-20-21-23-25-27-29-31-33-35-38(42)39(43-44,36-40(3,4)5)37(41)34-32-30-28-26-24-22-19-17-15-13-11-9-7-2/h44H,6-36H2,1-5H3. The molecule has 4 nitrogen and oxygen atoms in total. The molecule has 0 heterocycles. The Kier molecular flexibility index (Phi) is 29.8. The van der Waals surface area contributed by atoms with E-state index >= 15 is 0 Å². The van der Waals surface area contributed by atoms with Crippen LogP contribution in [0.25, 0.3) is 0 Å². The predicted molar refractivity (Wildman–Crippen MR) is 195 cm³/mol. The van der Waals surface area contributed by atoms with Gasteiger partial charge in [0.15, 0.2) is 11.6 Å². The van der Waals surface area contributed by atoms with E-state index in [0.717, 1.165) is 25.7 Å². The van der Waals surface area contributed by atoms with Crippen molar-refractivity contribution in [1.29, 1.82) is 0 Å². The van der Waals surface area contributed by atoms with Crippen molar-refractivity contribution in [2.24, 2.45) is 0 Å². The first kappa shape index (κ1) is 43.7. The van der Waals surface area contributed by atoms with Crippen LogP contribution in [-0.2, 0) is 14.1 Å². The number of unbranched alkanes of at least 4 members (excludes halogenated alkanes) is 26. The Balaban J connectivity index is 4.19. The number of hydrogen-bond acceptors (Lipinski definition) is 3. The molecule has 0 bridgehead atoms. The summed E-state index contributed by atoms with van der Waals surface area (Å²) in [4.78, 5) is 27.0. The lowest BCUT2D eigenvalue weighted by Gasteiger charge is -2.39. The molecule has 0 fully saturated rings. The van der Waals surface area contributed by atoms with Gasteiger partial charge in [-0.25, -0.2) is 0 Å². The molecule has 0 spiro atoms. The van der Waals surface area contributed by atoms with Crippen LogP contribution in [0.2, 0.25) is 0 Å². The van der Waals surface area contributed by atoms with Gasteiger partial charge in [-0.05, 0) is 12.8 Å². The van der Waals surface area contributed by atoms with Crippen LogP contribution < -0.4 is 0 Å². The van der Waals surface area contributed by atoms with E-state index in [2.05, 4.69) is 23.3 Å². The average molecular weight is 640 g/mol. The minimum atomic E-state index is -1.37. The van der Waals surface area contributed by atoms with Gasteiger partial charge in [-0.1, -0.05) is 181 Å². The molecule has 0 aromatic carbocycles. The quantitative estimate of drug-likeness (QED) is 0.0300. The third kappa shape index (κ3) is 24.9. The Morgan fingerprint density at radius 3 is 0.886 bits per heavy atom. The molecule has 0 aromatic heterocycles. The summed E-state index contributed by atoms with van der Waals surface area (Å²) in [6.45, 7) is 4.92. The van der Waals surface area contributed by atoms with Crippen molar-refractivity contribution in [1.82, 2.24) is 0 Å². The number of rotatable bonds is 35. The number of ketones is 2. The monoisotopic (exact) mass is 640 g/mol. The molecule has 44 heavy (non-hydrogen) atoms. The fourth-order valence-corrected chi connectivity index (χ4v) is 6.80.